The standard InChI is InChI=1S/C30H24F2N4O3.2C2H6/c1-17-12-24-19(10-11-33-27(24)13-18(17)2)14-20-4-7-22(15-26(20)32)34-28(37)25-16-35(3)30(39)36(29(25)38)23-8-5-21(31)6-9-23;2*1-2/h4-13,15-16H,14H2,1-3H3,(H,34,37);2*1-2H3. The lowest BCUT2D eigenvalue weighted by molar-refractivity contribution is 0.102. The van der Waals surface area contributed by atoms with Gasteiger partial charge in [-0.3, -0.25) is 14.6 Å². The largest absolute Gasteiger partial charge is 0.335 e. The maximum atomic E-state index is 15.1. The van der Waals surface area contributed by atoms with E-state index >= 15 is 4.39 Å². The molecular formula is C34H36F2N4O3. The van der Waals surface area contributed by atoms with Crippen molar-refractivity contribution in [3.05, 3.63) is 133 Å². The van der Waals surface area contributed by atoms with Crippen molar-refractivity contribution in [3.63, 3.8) is 0 Å². The van der Waals surface area contributed by atoms with E-state index in [1.165, 1.54) is 25.2 Å². The summed E-state index contributed by atoms with van der Waals surface area (Å²) in [5.74, 6) is -1.87. The highest BCUT2D eigenvalue weighted by Crippen LogP contribution is 2.25. The summed E-state index contributed by atoms with van der Waals surface area (Å²) in [6.45, 7) is 12.0. The van der Waals surface area contributed by atoms with Crippen LogP contribution in [0.25, 0.3) is 16.6 Å². The molecule has 9 heteroatoms. The van der Waals surface area contributed by atoms with E-state index in [1.54, 1.807) is 18.3 Å². The number of carbonyl (C=O) groups is 1. The molecule has 0 saturated heterocycles. The van der Waals surface area contributed by atoms with E-state index in [4.69, 9.17) is 0 Å². The van der Waals surface area contributed by atoms with Gasteiger partial charge < -0.3 is 9.88 Å². The highest BCUT2D eigenvalue weighted by Gasteiger charge is 2.18. The van der Waals surface area contributed by atoms with Gasteiger partial charge in [-0.1, -0.05) is 33.8 Å². The monoisotopic (exact) mass is 586 g/mol. The first-order valence-corrected chi connectivity index (χ1v) is 14.2. The Morgan fingerprint density at radius 3 is 2.16 bits per heavy atom. The molecule has 1 amide bonds. The molecule has 0 fully saturated rings. The van der Waals surface area contributed by atoms with Crippen molar-refractivity contribution in [2.75, 3.05) is 5.32 Å². The molecule has 0 aliphatic rings. The number of aromatic nitrogens is 3. The number of rotatable bonds is 5. The Balaban J connectivity index is 0.00000121. The summed E-state index contributed by atoms with van der Waals surface area (Å²) >= 11 is 0. The lowest BCUT2D eigenvalue weighted by Gasteiger charge is -2.12. The van der Waals surface area contributed by atoms with Gasteiger partial charge in [-0.2, -0.15) is 0 Å². The van der Waals surface area contributed by atoms with Crippen LogP contribution in [0.5, 0.6) is 0 Å². The van der Waals surface area contributed by atoms with E-state index in [1.807, 2.05) is 59.7 Å². The van der Waals surface area contributed by atoms with E-state index < -0.39 is 28.8 Å². The fourth-order valence-electron chi connectivity index (χ4n) is 4.43. The van der Waals surface area contributed by atoms with Crippen molar-refractivity contribution >= 4 is 22.5 Å². The molecule has 0 atom stereocenters. The van der Waals surface area contributed by atoms with E-state index in [-0.39, 0.29) is 16.9 Å². The normalized spacial score (nSPS) is 10.3. The molecule has 43 heavy (non-hydrogen) atoms. The quantitative estimate of drug-likeness (QED) is 0.243. The molecule has 5 aromatic rings. The third-order valence-corrected chi connectivity index (χ3v) is 6.72. The molecule has 0 aliphatic carbocycles. The van der Waals surface area contributed by atoms with E-state index in [9.17, 15) is 18.8 Å². The van der Waals surface area contributed by atoms with E-state index in [0.717, 1.165) is 55.1 Å². The predicted octanol–water partition coefficient (Wildman–Crippen LogP) is 6.87. The zero-order valence-corrected chi connectivity index (χ0v) is 25.5. The lowest BCUT2D eigenvalue weighted by Crippen LogP contribution is -2.41. The Kier molecular flexibility index (Phi) is 10.8. The van der Waals surface area contributed by atoms with Gasteiger partial charge in [0, 0.05) is 36.9 Å². The third-order valence-electron chi connectivity index (χ3n) is 6.72. The molecule has 1 N–H and O–H groups in total. The molecule has 2 heterocycles. The van der Waals surface area contributed by atoms with Crippen LogP contribution >= 0.6 is 0 Å². The number of anilines is 1. The molecule has 0 bridgehead atoms. The highest BCUT2D eigenvalue weighted by atomic mass is 19.1. The van der Waals surface area contributed by atoms with Crippen LogP contribution in [0.2, 0.25) is 0 Å². The van der Waals surface area contributed by atoms with Crippen LogP contribution in [0.4, 0.5) is 14.5 Å². The minimum Gasteiger partial charge on any atom is -0.322 e. The summed E-state index contributed by atoms with van der Waals surface area (Å²) in [7, 11) is 1.39. The summed E-state index contributed by atoms with van der Waals surface area (Å²) in [6.07, 6.45) is 3.14. The number of halogens is 2. The van der Waals surface area contributed by atoms with Crippen LogP contribution in [0.1, 0.15) is 60.3 Å². The van der Waals surface area contributed by atoms with Crippen molar-refractivity contribution in [2.24, 2.45) is 7.05 Å². The number of hydrogen-bond donors (Lipinski definition) is 1. The smallest absolute Gasteiger partial charge is 0.322 e. The van der Waals surface area contributed by atoms with Crippen LogP contribution in [-0.4, -0.2) is 20.0 Å². The van der Waals surface area contributed by atoms with E-state index in [2.05, 4.69) is 10.3 Å². The first kappa shape index (κ1) is 32.6. The second-order valence-corrected chi connectivity index (χ2v) is 9.41. The number of hydrogen-bond acceptors (Lipinski definition) is 4. The average molecular weight is 587 g/mol. The number of nitrogens with one attached hydrogen (secondary N) is 1. The average Bonchev–Trinajstić information content (AvgIpc) is 3.00. The molecule has 3 aromatic carbocycles. The van der Waals surface area contributed by atoms with Gasteiger partial charge in [-0.25, -0.2) is 18.1 Å². The maximum Gasteiger partial charge on any atom is 0.335 e. The van der Waals surface area contributed by atoms with Gasteiger partial charge in [0.15, 0.2) is 0 Å². The van der Waals surface area contributed by atoms with Crippen LogP contribution in [0.15, 0.2) is 82.6 Å². The van der Waals surface area contributed by atoms with E-state index in [0.29, 0.717) is 12.0 Å². The fraction of sp³-hybridized carbons (Fsp3) is 0.235. The number of aryl methyl sites for hydroxylation is 3. The second-order valence-electron chi connectivity index (χ2n) is 9.41. The Hall–Kier alpha value is -4.92. The number of fused-ring (bicyclic) bond motifs is 1. The van der Waals surface area contributed by atoms with Gasteiger partial charge in [0.2, 0.25) is 0 Å². The molecule has 224 valence electrons. The third kappa shape index (κ3) is 7.12. The number of carbonyl (C=O) groups excluding carboxylic acids is 1. The second kappa shape index (κ2) is 14.3. The molecule has 0 aliphatic heterocycles. The van der Waals surface area contributed by atoms with Crippen molar-refractivity contribution in [1.82, 2.24) is 14.1 Å². The Morgan fingerprint density at radius 1 is 0.860 bits per heavy atom. The minimum absolute atomic E-state index is 0.112. The SMILES string of the molecule is CC.CC.Cc1cc2nccc(Cc3ccc(NC(=O)c4cn(C)c(=O)n(-c5ccc(F)cc5)c4=O)cc3F)c2cc1C. The topological polar surface area (TPSA) is 86.0 Å². The molecule has 7 nitrogen and oxygen atoms in total. The van der Waals surface area contributed by atoms with Crippen molar-refractivity contribution < 1.29 is 13.6 Å². The summed E-state index contributed by atoms with van der Waals surface area (Å²) in [5.41, 5.74) is 2.78. The Labute approximate surface area is 249 Å². The Morgan fingerprint density at radius 2 is 1.51 bits per heavy atom. The van der Waals surface area contributed by atoms with Crippen LogP contribution in [0, 0.1) is 25.5 Å². The van der Waals surface area contributed by atoms with Gasteiger partial charge in [-0.05, 0) is 90.7 Å². The summed E-state index contributed by atoms with van der Waals surface area (Å²) in [6, 6.07) is 15.0. The lowest BCUT2D eigenvalue weighted by atomic mass is 9.98. The first-order valence-electron chi connectivity index (χ1n) is 14.2. The minimum atomic E-state index is -0.880. The molecule has 5 rings (SSSR count). The molecular weight excluding hydrogens is 550 g/mol. The zero-order chi connectivity index (χ0) is 31.8. The summed E-state index contributed by atoms with van der Waals surface area (Å²) < 4.78 is 30.3. The van der Waals surface area contributed by atoms with Gasteiger partial charge in [0.1, 0.15) is 17.2 Å². The number of amides is 1. The number of benzene rings is 3. The number of nitrogens with zero attached hydrogens (tertiary/aromatic N) is 3. The van der Waals surface area contributed by atoms with Gasteiger partial charge >= 0.3 is 5.69 Å². The van der Waals surface area contributed by atoms with Crippen molar-refractivity contribution in [2.45, 2.75) is 48.0 Å². The molecule has 0 spiro atoms. The van der Waals surface area contributed by atoms with Gasteiger partial charge in [0.05, 0.1) is 11.2 Å². The van der Waals surface area contributed by atoms with Gasteiger partial charge in [-0.15, -0.1) is 0 Å². The van der Waals surface area contributed by atoms with Crippen molar-refractivity contribution in [3.8, 4) is 5.69 Å². The van der Waals surface area contributed by atoms with Crippen molar-refractivity contribution in [1.29, 1.82) is 0 Å². The number of pyridine rings is 1. The zero-order valence-electron chi connectivity index (χ0n) is 25.5. The summed E-state index contributed by atoms with van der Waals surface area (Å²) in [5, 5.41) is 3.48. The predicted molar refractivity (Wildman–Crippen MR) is 168 cm³/mol. The van der Waals surface area contributed by atoms with Crippen LogP contribution < -0.4 is 16.6 Å². The van der Waals surface area contributed by atoms with Crippen LogP contribution in [0.3, 0.4) is 0 Å². The molecule has 2 aromatic heterocycles. The molecule has 0 unspecified atom stereocenters. The molecule has 0 radical (unpaired) electrons. The van der Waals surface area contributed by atoms with Crippen LogP contribution in [-0.2, 0) is 13.5 Å². The summed E-state index contributed by atoms with van der Waals surface area (Å²) in [4.78, 5) is 43.1. The van der Waals surface area contributed by atoms with Gasteiger partial charge in [0.25, 0.3) is 11.5 Å². The Bertz CT molecular complexity index is 1880. The first-order chi connectivity index (χ1) is 20.6. The molecule has 0 saturated carbocycles. The maximum absolute atomic E-state index is 15.1. The highest BCUT2D eigenvalue weighted by molar-refractivity contribution is 6.03. The fourth-order valence-corrected chi connectivity index (χ4v) is 4.43.